The van der Waals surface area contributed by atoms with E-state index in [2.05, 4.69) is 12.2 Å². The molecule has 1 unspecified atom stereocenters. The molecule has 35 heavy (non-hydrogen) atoms. The summed E-state index contributed by atoms with van der Waals surface area (Å²) in [4.78, 5) is 11.6. The highest BCUT2D eigenvalue weighted by molar-refractivity contribution is 5.73. The van der Waals surface area contributed by atoms with Crippen molar-refractivity contribution in [2.75, 3.05) is 13.2 Å². The van der Waals surface area contributed by atoms with E-state index in [9.17, 15) is 30.3 Å². The van der Waals surface area contributed by atoms with E-state index in [1.165, 1.54) is 64.7 Å². The van der Waals surface area contributed by atoms with Crippen LogP contribution in [0.15, 0.2) is 12.2 Å². The maximum Gasteiger partial charge on any atom is 0.217 e. The third-order valence-corrected chi connectivity index (χ3v) is 6.40. The van der Waals surface area contributed by atoms with Crippen LogP contribution in [-0.2, 0) is 14.3 Å². The van der Waals surface area contributed by atoms with Crippen molar-refractivity contribution < 1.29 is 39.8 Å². The van der Waals surface area contributed by atoms with Gasteiger partial charge in [-0.1, -0.05) is 83.3 Å². The fourth-order valence-corrected chi connectivity index (χ4v) is 4.19. The second-order valence-electron chi connectivity index (χ2n) is 9.58. The minimum absolute atomic E-state index is 0.202. The van der Waals surface area contributed by atoms with Gasteiger partial charge in [0, 0.05) is 6.92 Å². The Hall–Kier alpha value is -1.07. The number of carbonyl (C=O) groups is 1. The summed E-state index contributed by atoms with van der Waals surface area (Å²) in [5.41, 5.74) is 0. The first-order valence-corrected chi connectivity index (χ1v) is 13.4. The van der Waals surface area contributed by atoms with Crippen molar-refractivity contribution in [3.63, 3.8) is 0 Å². The molecule has 1 aliphatic rings. The lowest BCUT2D eigenvalue weighted by molar-refractivity contribution is -0.302. The van der Waals surface area contributed by atoms with E-state index in [4.69, 9.17) is 9.47 Å². The monoisotopic (exact) mass is 503 g/mol. The Morgan fingerprint density at radius 3 is 2.06 bits per heavy atom. The van der Waals surface area contributed by atoms with Crippen LogP contribution in [0.2, 0.25) is 0 Å². The molecule has 0 aromatic rings. The maximum absolute atomic E-state index is 11.6. The number of aliphatic hydroxyl groups is 5. The second kappa shape index (κ2) is 19.1. The van der Waals surface area contributed by atoms with Crippen molar-refractivity contribution in [1.82, 2.24) is 5.32 Å². The zero-order chi connectivity index (χ0) is 26.1. The number of hydrogen-bond acceptors (Lipinski definition) is 8. The summed E-state index contributed by atoms with van der Waals surface area (Å²) in [5.74, 6) is -0.356. The number of hydrogen-bond donors (Lipinski definition) is 6. The Morgan fingerprint density at radius 1 is 0.943 bits per heavy atom. The Bertz CT molecular complexity index is 574. The molecule has 0 bridgehead atoms. The lowest BCUT2D eigenvalue weighted by Crippen LogP contribution is -2.60. The molecule has 1 fully saturated rings. The van der Waals surface area contributed by atoms with Gasteiger partial charge in [-0.3, -0.25) is 4.79 Å². The lowest BCUT2D eigenvalue weighted by Gasteiger charge is -2.40. The number of aliphatic hydroxyl groups excluding tert-OH is 5. The largest absolute Gasteiger partial charge is 0.394 e. The highest BCUT2D eigenvalue weighted by atomic mass is 16.7. The summed E-state index contributed by atoms with van der Waals surface area (Å²) < 4.78 is 10.8. The summed E-state index contributed by atoms with van der Waals surface area (Å²) in [6.07, 6.45) is 10.3. The molecule has 1 amide bonds. The molecular formula is C26H49NO8. The van der Waals surface area contributed by atoms with E-state index in [0.717, 1.165) is 19.3 Å². The fourth-order valence-electron chi connectivity index (χ4n) is 4.19. The molecule has 6 N–H and O–H groups in total. The van der Waals surface area contributed by atoms with E-state index in [1.807, 2.05) is 6.08 Å². The number of carbonyl (C=O) groups excluding carboxylic acids is 1. The van der Waals surface area contributed by atoms with Crippen LogP contribution < -0.4 is 5.32 Å². The first-order valence-electron chi connectivity index (χ1n) is 13.4. The molecule has 1 rings (SSSR count). The molecule has 0 aliphatic carbocycles. The summed E-state index contributed by atoms with van der Waals surface area (Å²) in [6, 6.07) is -0.798. The van der Waals surface area contributed by atoms with Crippen LogP contribution in [0.5, 0.6) is 0 Å². The molecule has 0 aromatic heterocycles. The van der Waals surface area contributed by atoms with Crippen LogP contribution in [0.4, 0.5) is 0 Å². The van der Waals surface area contributed by atoms with E-state index in [0.29, 0.717) is 0 Å². The molecule has 7 atom stereocenters. The van der Waals surface area contributed by atoms with E-state index < -0.39 is 49.5 Å². The van der Waals surface area contributed by atoms with E-state index in [1.54, 1.807) is 6.08 Å². The summed E-state index contributed by atoms with van der Waals surface area (Å²) in [5, 5.41) is 52.2. The van der Waals surface area contributed by atoms with Gasteiger partial charge in [0.2, 0.25) is 5.91 Å². The Balaban J connectivity index is 2.31. The van der Waals surface area contributed by atoms with Gasteiger partial charge >= 0.3 is 0 Å². The third-order valence-electron chi connectivity index (χ3n) is 6.40. The number of unbranched alkanes of at least 4 members (excludes halogenated alkanes) is 11. The number of nitrogens with one attached hydrogen (secondary N) is 1. The topological polar surface area (TPSA) is 149 Å². The van der Waals surface area contributed by atoms with Gasteiger partial charge < -0.3 is 40.3 Å². The molecule has 206 valence electrons. The predicted octanol–water partition coefficient (Wildman–Crippen LogP) is 1.93. The van der Waals surface area contributed by atoms with E-state index >= 15 is 0 Å². The third kappa shape index (κ3) is 13.2. The number of ether oxygens (including phenoxy) is 2. The minimum Gasteiger partial charge on any atom is -0.394 e. The van der Waals surface area contributed by atoms with Gasteiger partial charge in [-0.25, -0.2) is 0 Å². The average Bonchev–Trinajstić information content (AvgIpc) is 2.83. The summed E-state index contributed by atoms with van der Waals surface area (Å²) in [6.45, 7) is 2.79. The van der Waals surface area contributed by atoms with Crippen LogP contribution in [-0.4, -0.2) is 87.5 Å². The molecule has 0 spiro atoms. The Labute approximate surface area is 210 Å². The highest BCUT2D eigenvalue weighted by Gasteiger charge is 2.44. The average molecular weight is 504 g/mol. The lowest BCUT2D eigenvalue weighted by atomic mass is 9.99. The summed E-state index contributed by atoms with van der Waals surface area (Å²) in [7, 11) is 0. The van der Waals surface area contributed by atoms with Gasteiger partial charge in [0.15, 0.2) is 6.29 Å². The first-order chi connectivity index (χ1) is 16.8. The molecule has 0 aromatic carbocycles. The number of amides is 1. The molecular weight excluding hydrogens is 454 g/mol. The van der Waals surface area contributed by atoms with Crippen LogP contribution in [0.1, 0.15) is 90.9 Å². The molecule has 0 radical (unpaired) electrons. The molecule has 9 nitrogen and oxygen atoms in total. The zero-order valence-electron chi connectivity index (χ0n) is 21.6. The molecule has 1 heterocycles. The van der Waals surface area contributed by atoms with Crippen molar-refractivity contribution >= 4 is 5.91 Å². The molecule has 1 aliphatic heterocycles. The van der Waals surface area contributed by atoms with Crippen molar-refractivity contribution in [1.29, 1.82) is 0 Å². The van der Waals surface area contributed by atoms with Crippen molar-refractivity contribution in [2.24, 2.45) is 0 Å². The normalized spacial score (nSPS) is 26.7. The molecule has 9 heteroatoms. The maximum atomic E-state index is 11.6. The van der Waals surface area contributed by atoms with Crippen LogP contribution >= 0.6 is 0 Å². The quantitative estimate of drug-likeness (QED) is 0.116. The van der Waals surface area contributed by atoms with Crippen molar-refractivity contribution in [3.8, 4) is 0 Å². The SMILES string of the molecule is CCCCCCCCCCCCC/C=C/[C@@H](O)C(CO[C@H]1O[C@H](CO)[C@H](O)[C@H](O)[C@H]1O)NC(C)=O. The fraction of sp³-hybridized carbons (Fsp3) is 0.885. The standard InChI is InChI=1S/C26H49NO8/c1-3-4-5-6-7-8-9-10-11-12-13-14-15-16-21(30)20(27-19(2)29)18-34-26-25(33)24(32)23(31)22(17-28)35-26/h15-16,20-26,28,30-33H,3-14,17-18H2,1-2H3,(H,27,29)/b16-15+/t20?,21-,22-,23+,24+,25-,26+/m1/s1. The van der Waals surface area contributed by atoms with Gasteiger partial charge in [-0.15, -0.1) is 0 Å². The predicted molar refractivity (Wildman–Crippen MR) is 134 cm³/mol. The van der Waals surface area contributed by atoms with Gasteiger partial charge in [-0.05, 0) is 12.8 Å². The first kappa shape index (κ1) is 32.0. The zero-order valence-corrected chi connectivity index (χ0v) is 21.6. The van der Waals surface area contributed by atoms with Crippen LogP contribution in [0.3, 0.4) is 0 Å². The Morgan fingerprint density at radius 2 is 1.51 bits per heavy atom. The second-order valence-corrected chi connectivity index (χ2v) is 9.58. The van der Waals surface area contributed by atoms with Gasteiger partial charge in [-0.2, -0.15) is 0 Å². The minimum atomic E-state index is -1.55. The van der Waals surface area contributed by atoms with Crippen molar-refractivity contribution in [2.45, 2.75) is 134 Å². The summed E-state index contributed by atoms with van der Waals surface area (Å²) >= 11 is 0. The molecule has 1 saturated heterocycles. The van der Waals surface area contributed by atoms with Crippen LogP contribution in [0.25, 0.3) is 0 Å². The van der Waals surface area contributed by atoms with Gasteiger partial charge in [0.05, 0.1) is 25.4 Å². The van der Waals surface area contributed by atoms with Gasteiger partial charge in [0.25, 0.3) is 0 Å². The van der Waals surface area contributed by atoms with Crippen LogP contribution in [0, 0.1) is 0 Å². The number of rotatable bonds is 19. The highest BCUT2D eigenvalue weighted by Crippen LogP contribution is 2.22. The van der Waals surface area contributed by atoms with Crippen molar-refractivity contribution in [3.05, 3.63) is 12.2 Å². The Kier molecular flexibility index (Phi) is 17.4. The smallest absolute Gasteiger partial charge is 0.217 e. The molecule has 0 saturated carbocycles. The van der Waals surface area contributed by atoms with Gasteiger partial charge in [0.1, 0.15) is 24.4 Å². The van der Waals surface area contributed by atoms with E-state index in [-0.39, 0.29) is 12.5 Å². The number of allylic oxidation sites excluding steroid dienone is 1.